The first kappa shape index (κ1) is 24.6. The quantitative estimate of drug-likeness (QED) is 0.172. The fourth-order valence-corrected chi connectivity index (χ4v) is 3.44. The van der Waals surface area contributed by atoms with Crippen molar-refractivity contribution >= 4 is 0 Å². The molecule has 0 heterocycles. The molecule has 0 heteroatoms. The minimum Gasteiger partial charge on any atom is -0.103 e. The summed E-state index contributed by atoms with van der Waals surface area (Å²) in [5.74, 6) is 7.55. The van der Waals surface area contributed by atoms with Gasteiger partial charge in [-0.3, -0.25) is 0 Å². The van der Waals surface area contributed by atoms with Crippen molar-refractivity contribution in [3.63, 3.8) is 0 Å². The van der Waals surface area contributed by atoms with Crippen LogP contribution in [0.2, 0.25) is 0 Å². The first-order valence-corrected chi connectivity index (χ1v) is 11.4. The molecule has 0 aromatic heterocycles. The second kappa shape index (κ2) is 21.6. The summed E-state index contributed by atoms with van der Waals surface area (Å²) in [7, 11) is 0. The highest BCUT2D eigenvalue weighted by Gasteiger charge is 2.05. The minimum atomic E-state index is 0.972. The van der Waals surface area contributed by atoms with Gasteiger partial charge in [-0.05, 0) is 18.8 Å². The monoisotopic (exact) mass is 346 g/mol. The van der Waals surface area contributed by atoms with Crippen LogP contribution in [0, 0.1) is 31.6 Å². The summed E-state index contributed by atoms with van der Waals surface area (Å²) in [4.78, 5) is 0. The average Bonchev–Trinajstić information content (AvgIpc) is 2.63. The van der Waals surface area contributed by atoms with Crippen molar-refractivity contribution in [2.24, 2.45) is 5.92 Å². The summed E-state index contributed by atoms with van der Waals surface area (Å²) < 4.78 is 0. The minimum absolute atomic E-state index is 0.972. The second-order valence-corrected chi connectivity index (χ2v) is 7.65. The lowest BCUT2D eigenvalue weighted by atomic mass is 9.92. The van der Waals surface area contributed by atoms with Crippen molar-refractivity contribution in [1.29, 1.82) is 0 Å². The lowest BCUT2D eigenvalue weighted by Gasteiger charge is -2.14. The first-order chi connectivity index (χ1) is 12.3. The molecular formula is C25H46. The zero-order chi connectivity index (χ0) is 18.4. The van der Waals surface area contributed by atoms with Gasteiger partial charge in [0.2, 0.25) is 0 Å². The highest BCUT2D eigenvalue weighted by molar-refractivity contribution is 4.98. The molecule has 0 saturated carbocycles. The van der Waals surface area contributed by atoms with E-state index >= 15 is 0 Å². The molecule has 0 fully saturated rings. The predicted octanol–water partition coefficient (Wildman–Crippen LogP) is 8.71. The molecule has 2 radical (unpaired) electrons. The molecule has 0 aliphatic carbocycles. The molecule has 0 rings (SSSR count). The maximum Gasteiger partial charge on any atom is 0.00886 e. The van der Waals surface area contributed by atoms with Crippen molar-refractivity contribution in [1.82, 2.24) is 0 Å². The smallest absolute Gasteiger partial charge is 0.00886 e. The Labute approximate surface area is 160 Å². The molecule has 1 unspecified atom stereocenters. The maximum absolute atomic E-state index is 3.91. The van der Waals surface area contributed by atoms with Crippen LogP contribution in [0.4, 0.5) is 0 Å². The van der Waals surface area contributed by atoms with Crippen LogP contribution in [0.15, 0.2) is 0 Å². The number of hydrogen-bond donors (Lipinski definition) is 0. The van der Waals surface area contributed by atoms with E-state index in [1.807, 2.05) is 0 Å². The fraction of sp³-hybridized carbons (Fsp3) is 0.840. The SMILES string of the molecule is [CH2]CCCC#CCCCCCC(CC)CCCCCCCCCC[CH2]. The Morgan fingerprint density at radius 3 is 1.52 bits per heavy atom. The average molecular weight is 347 g/mol. The van der Waals surface area contributed by atoms with E-state index < -0.39 is 0 Å². The molecule has 0 nitrogen and oxygen atoms in total. The van der Waals surface area contributed by atoms with Gasteiger partial charge in [0.1, 0.15) is 0 Å². The summed E-state index contributed by atoms with van der Waals surface area (Å²) in [6, 6.07) is 0. The first-order valence-electron chi connectivity index (χ1n) is 11.4. The largest absolute Gasteiger partial charge is 0.103 e. The van der Waals surface area contributed by atoms with Crippen LogP contribution in [0.25, 0.3) is 0 Å². The maximum atomic E-state index is 3.91. The molecule has 146 valence electrons. The van der Waals surface area contributed by atoms with E-state index in [1.54, 1.807) is 0 Å². The molecular weight excluding hydrogens is 300 g/mol. The molecule has 0 aliphatic heterocycles. The molecule has 0 bridgehead atoms. The fourth-order valence-electron chi connectivity index (χ4n) is 3.44. The zero-order valence-corrected chi connectivity index (χ0v) is 17.4. The van der Waals surface area contributed by atoms with E-state index in [4.69, 9.17) is 0 Å². The Kier molecular flexibility index (Phi) is 21.2. The van der Waals surface area contributed by atoms with Gasteiger partial charge in [-0.25, -0.2) is 0 Å². The van der Waals surface area contributed by atoms with Crippen LogP contribution in [-0.2, 0) is 0 Å². The van der Waals surface area contributed by atoms with Gasteiger partial charge in [0.25, 0.3) is 0 Å². The van der Waals surface area contributed by atoms with E-state index in [1.165, 1.54) is 89.9 Å². The van der Waals surface area contributed by atoms with Crippen LogP contribution in [-0.4, -0.2) is 0 Å². The predicted molar refractivity (Wildman–Crippen MR) is 115 cm³/mol. The van der Waals surface area contributed by atoms with Crippen LogP contribution < -0.4 is 0 Å². The Morgan fingerprint density at radius 1 is 0.560 bits per heavy atom. The normalized spacial score (nSPS) is 12.0. The Morgan fingerprint density at radius 2 is 1.00 bits per heavy atom. The van der Waals surface area contributed by atoms with E-state index in [-0.39, 0.29) is 0 Å². The highest BCUT2D eigenvalue weighted by atomic mass is 14.1. The lowest BCUT2D eigenvalue weighted by Crippen LogP contribution is -1.99. The molecule has 1 atom stereocenters. The highest BCUT2D eigenvalue weighted by Crippen LogP contribution is 2.21. The van der Waals surface area contributed by atoms with Gasteiger partial charge in [-0.15, -0.1) is 11.8 Å². The van der Waals surface area contributed by atoms with Gasteiger partial charge in [0.15, 0.2) is 0 Å². The van der Waals surface area contributed by atoms with Crippen molar-refractivity contribution in [3.05, 3.63) is 13.8 Å². The second-order valence-electron chi connectivity index (χ2n) is 7.65. The van der Waals surface area contributed by atoms with Crippen molar-refractivity contribution in [3.8, 4) is 11.8 Å². The molecule has 0 N–H and O–H groups in total. The number of rotatable bonds is 18. The molecule has 0 aromatic carbocycles. The van der Waals surface area contributed by atoms with Gasteiger partial charge < -0.3 is 0 Å². The van der Waals surface area contributed by atoms with Gasteiger partial charge >= 0.3 is 0 Å². The van der Waals surface area contributed by atoms with Crippen LogP contribution in [0.1, 0.15) is 129 Å². The van der Waals surface area contributed by atoms with Crippen LogP contribution in [0.5, 0.6) is 0 Å². The van der Waals surface area contributed by atoms with Gasteiger partial charge in [-0.2, -0.15) is 0 Å². The zero-order valence-electron chi connectivity index (χ0n) is 17.4. The molecule has 0 saturated heterocycles. The number of unbranched alkanes of at least 4 members (excludes halogenated alkanes) is 13. The van der Waals surface area contributed by atoms with E-state index in [0.717, 1.165) is 38.0 Å². The summed E-state index contributed by atoms with van der Waals surface area (Å²) in [6.45, 7) is 10.1. The van der Waals surface area contributed by atoms with E-state index in [9.17, 15) is 0 Å². The van der Waals surface area contributed by atoms with Crippen molar-refractivity contribution < 1.29 is 0 Å². The Bertz CT molecular complexity index is 293. The third-order valence-electron chi connectivity index (χ3n) is 5.28. The van der Waals surface area contributed by atoms with Crippen molar-refractivity contribution in [2.45, 2.75) is 129 Å². The van der Waals surface area contributed by atoms with Crippen LogP contribution in [0.3, 0.4) is 0 Å². The third kappa shape index (κ3) is 19.7. The standard InChI is InChI=1S/C25H46/c1-4-7-9-11-13-15-17-19-21-23-25(6-3)24-22-20-18-16-14-12-10-8-5-2/h25H,1-2,4-11,13,15-24H2,3H3. The third-order valence-corrected chi connectivity index (χ3v) is 5.28. The van der Waals surface area contributed by atoms with Gasteiger partial charge in [0, 0.05) is 12.8 Å². The molecule has 0 amide bonds. The summed E-state index contributed by atoms with van der Waals surface area (Å²) >= 11 is 0. The molecule has 0 aliphatic rings. The van der Waals surface area contributed by atoms with E-state index in [2.05, 4.69) is 32.6 Å². The Hall–Kier alpha value is -0.440. The Balaban J connectivity index is 3.37. The lowest BCUT2D eigenvalue weighted by molar-refractivity contribution is 0.394. The summed E-state index contributed by atoms with van der Waals surface area (Å²) in [5.41, 5.74) is 0. The molecule has 0 spiro atoms. The van der Waals surface area contributed by atoms with E-state index in [0.29, 0.717) is 0 Å². The molecule has 0 aromatic rings. The topological polar surface area (TPSA) is 0 Å². The number of hydrogen-bond acceptors (Lipinski definition) is 0. The van der Waals surface area contributed by atoms with Gasteiger partial charge in [-0.1, -0.05) is 117 Å². The molecule has 25 heavy (non-hydrogen) atoms. The van der Waals surface area contributed by atoms with Crippen molar-refractivity contribution in [2.75, 3.05) is 0 Å². The van der Waals surface area contributed by atoms with Gasteiger partial charge in [0.05, 0.1) is 0 Å². The van der Waals surface area contributed by atoms with Crippen LogP contribution >= 0.6 is 0 Å². The summed E-state index contributed by atoms with van der Waals surface area (Å²) in [6.07, 6.45) is 25.2. The summed E-state index contributed by atoms with van der Waals surface area (Å²) in [5, 5.41) is 0.